The lowest BCUT2D eigenvalue weighted by Gasteiger charge is -2.26. The number of hydrogen-bond acceptors (Lipinski definition) is 5. The van der Waals surface area contributed by atoms with E-state index in [4.69, 9.17) is 9.84 Å². The molecule has 0 aliphatic carbocycles. The second-order valence-corrected chi connectivity index (χ2v) is 7.28. The van der Waals surface area contributed by atoms with Crippen molar-refractivity contribution in [1.82, 2.24) is 10.3 Å². The molecule has 3 atom stereocenters. The van der Waals surface area contributed by atoms with Crippen molar-refractivity contribution in [3.63, 3.8) is 0 Å². The molecule has 0 spiro atoms. The smallest absolute Gasteiger partial charge is 0.335 e. The molecule has 0 aromatic heterocycles. The van der Waals surface area contributed by atoms with E-state index >= 15 is 0 Å². The van der Waals surface area contributed by atoms with Crippen LogP contribution in [0.2, 0.25) is 0 Å². The van der Waals surface area contributed by atoms with Gasteiger partial charge in [0.15, 0.2) is 0 Å². The number of aryl methyl sites for hydroxylation is 1. The van der Waals surface area contributed by atoms with Gasteiger partial charge in [0.1, 0.15) is 11.7 Å². The van der Waals surface area contributed by atoms with Crippen LogP contribution < -0.4 is 10.1 Å². The van der Waals surface area contributed by atoms with Crippen molar-refractivity contribution >= 4 is 17.6 Å². The monoisotopic (exact) mass is 395 g/mol. The van der Waals surface area contributed by atoms with Gasteiger partial charge in [-0.2, -0.15) is 5.10 Å². The Morgan fingerprint density at radius 3 is 2.48 bits per heavy atom. The van der Waals surface area contributed by atoms with E-state index in [-0.39, 0.29) is 17.5 Å². The molecule has 0 saturated carbocycles. The van der Waals surface area contributed by atoms with Crippen LogP contribution in [0.4, 0.5) is 0 Å². The highest BCUT2D eigenvalue weighted by atomic mass is 16.5. The second-order valence-electron chi connectivity index (χ2n) is 7.28. The minimum atomic E-state index is -0.981. The molecule has 2 N–H and O–H groups in total. The Labute approximate surface area is 170 Å². The van der Waals surface area contributed by atoms with Crippen molar-refractivity contribution in [2.24, 2.45) is 11.0 Å². The molecule has 2 unspecified atom stereocenters. The summed E-state index contributed by atoms with van der Waals surface area (Å²) in [5.41, 5.74) is 2.77. The Morgan fingerprint density at radius 1 is 1.17 bits per heavy atom. The Balaban J connectivity index is 1.73. The Hall–Kier alpha value is -3.35. The molecule has 3 rings (SSSR count). The third kappa shape index (κ3) is 4.56. The van der Waals surface area contributed by atoms with Crippen LogP contribution in [0, 0.1) is 12.8 Å². The first kappa shape index (κ1) is 20.4. The van der Waals surface area contributed by atoms with E-state index < -0.39 is 18.1 Å². The third-order valence-electron chi connectivity index (χ3n) is 4.96. The van der Waals surface area contributed by atoms with Crippen LogP contribution in [0.5, 0.6) is 5.75 Å². The fraction of sp³-hybridized carbons (Fsp3) is 0.318. The minimum Gasteiger partial charge on any atom is -0.478 e. The van der Waals surface area contributed by atoms with Crippen molar-refractivity contribution in [2.45, 2.75) is 33.0 Å². The number of benzene rings is 2. The summed E-state index contributed by atoms with van der Waals surface area (Å²) >= 11 is 0. The highest BCUT2D eigenvalue weighted by molar-refractivity contribution is 6.04. The van der Waals surface area contributed by atoms with Crippen LogP contribution in [-0.4, -0.2) is 41.0 Å². The lowest BCUT2D eigenvalue weighted by molar-refractivity contribution is -0.127. The molecule has 2 aromatic carbocycles. The van der Waals surface area contributed by atoms with Crippen LogP contribution in [0.1, 0.15) is 41.4 Å². The van der Waals surface area contributed by atoms with Crippen LogP contribution >= 0.6 is 0 Å². The number of carboxylic acid groups (broad SMARTS) is 1. The molecule has 29 heavy (non-hydrogen) atoms. The van der Waals surface area contributed by atoms with E-state index in [1.165, 1.54) is 12.1 Å². The Bertz CT molecular complexity index is 939. The number of rotatable bonds is 6. The number of ether oxygens (including phenoxy) is 1. The number of hydrogen-bond donors (Lipinski definition) is 2. The normalized spacial score (nSPS) is 19.4. The van der Waals surface area contributed by atoms with Gasteiger partial charge in [-0.15, -0.1) is 0 Å². The molecule has 7 nitrogen and oxygen atoms in total. The lowest BCUT2D eigenvalue weighted by Crippen LogP contribution is -2.45. The largest absolute Gasteiger partial charge is 0.478 e. The van der Waals surface area contributed by atoms with Gasteiger partial charge in [0.25, 0.3) is 0 Å². The fourth-order valence-electron chi connectivity index (χ4n) is 3.38. The molecule has 0 radical (unpaired) electrons. The van der Waals surface area contributed by atoms with Crippen molar-refractivity contribution in [1.29, 1.82) is 0 Å². The van der Waals surface area contributed by atoms with Crippen LogP contribution in [0.25, 0.3) is 0 Å². The molecule has 1 aliphatic rings. The van der Waals surface area contributed by atoms with Crippen LogP contribution in [0.15, 0.2) is 53.6 Å². The summed E-state index contributed by atoms with van der Waals surface area (Å²) in [5.74, 6) is -1.05. The molecule has 1 amide bonds. The summed E-state index contributed by atoms with van der Waals surface area (Å²) in [7, 11) is 1.78. The lowest BCUT2D eigenvalue weighted by atomic mass is 10.0. The molecule has 1 aliphatic heterocycles. The number of carboxylic acids is 1. The summed E-state index contributed by atoms with van der Waals surface area (Å²) in [6, 6.07) is 13.8. The molecular formula is C22H25N3O4. The number of aromatic carboxylic acids is 1. The second kappa shape index (κ2) is 8.34. The average Bonchev–Trinajstić information content (AvgIpc) is 2.95. The zero-order valence-corrected chi connectivity index (χ0v) is 16.9. The molecule has 0 fully saturated rings. The fourth-order valence-corrected chi connectivity index (χ4v) is 3.38. The van der Waals surface area contributed by atoms with E-state index in [0.717, 1.165) is 11.1 Å². The number of carbonyl (C=O) groups excluding carboxylic acids is 1. The maximum absolute atomic E-state index is 13.0. The number of nitrogens with one attached hydrogen (secondary N) is 1. The number of amides is 1. The van der Waals surface area contributed by atoms with Gasteiger partial charge in [-0.05, 0) is 56.2 Å². The van der Waals surface area contributed by atoms with Gasteiger partial charge >= 0.3 is 5.97 Å². The zero-order chi connectivity index (χ0) is 21.1. The van der Waals surface area contributed by atoms with Gasteiger partial charge in [-0.25, -0.2) is 4.79 Å². The number of hydrazone groups is 1. The van der Waals surface area contributed by atoms with E-state index in [0.29, 0.717) is 11.5 Å². The van der Waals surface area contributed by atoms with Crippen LogP contribution in [-0.2, 0) is 4.79 Å². The molecule has 0 saturated heterocycles. The predicted octanol–water partition coefficient (Wildman–Crippen LogP) is 3.21. The van der Waals surface area contributed by atoms with Gasteiger partial charge in [-0.3, -0.25) is 9.80 Å². The van der Waals surface area contributed by atoms with Crippen LogP contribution in [0.3, 0.4) is 0 Å². The molecular weight excluding hydrogens is 370 g/mol. The number of nitrogens with zero attached hydrogens (tertiary/aromatic N) is 2. The van der Waals surface area contributed by atoms with Crippen molar-refractivity contribution in [3.05, 3.63) is 65.2 Å². The maximum atomic E-state index is 13.0. The summed E-state index contributed by atoms with van der Waals surface area (Å²) in [6.45, 7) is 5.65. The summed E-state index contributed by atoms with van der Waals surface area (Å²) in [6.07, 6.45) is -0.543. The zero-order valence-electron chi connectivity index (χ0n) is 16.9. The topological polar surface area (TPSA) is 91.2 Å². The third-order valence-corrected chi connectivity index (χ3v) is 4.96. The summed E-state index contributed by atoms with van der Waals surface area (Å²) < 4.78 is 6.09. The first-order chi connectivity index (χ1) is 13.8. The van der Waals surface area contributed by atoms with E-state index in [1.807, 2.05) is 45.0 Å². The molecule has 7 heteroatoms. The summed E-state index contributed by atoms with van der Waals surface area (Å²) in [4.78, 5) is 24.0. The van der Waals surface area contributed by atoms with E-state index in [1.54, 1.807) is 24.2 Å². The molecule has 152 valence electrons. The maximum Gasteiger partial charge on any atom is 0.335 e. The average molecular weight is 395 g/mol. The first-order valence-electron chi connectivity index (χ1n) is 9.41. The highest BCUT2D eigenvalue weighted by Crippen LogP contribution is 2.26. The van der Waals surface area contributed by atoms with Gasteiger partial charge in [0.05, 0.1) is 17.3 Å². The van der Waals surface area contributed by atoms with Crippen molar-refractivity contribution in [3.8, 4) is 5.75 Å². The molecule has 0 bridgehead atoms. The number of carbonyl (C=O) groups is 2. The van der Waals surface area contributed by atoms with E-state index in [9.17, 15) is 9.59 Å². The first-order valence-corrected chi connectivity index (χ1v) is 9.41. The van der Waals surface area contributed by atoms with Crippen molar-refractivity contribution < 1.29 is 19.4 Å². The summed E-state index contributed by atoms with van der Waals surface area (Å²) in [5, 5.41) is 18.1. The quantitative estimate of drug-likeness (QED) is 0.784. The molecule has 1 heterocycles. The van der Waals surface area contributed by atoms with E-state index in [2.05, 4.69) is 10.4 Å². The van der Waals surface area contributed by atoms with Gasteiger partial charge in [-0.1, -0.05) is 24.3 Å². The van der Waals surface area contributed by atoms with Gasteiger partial charge in [0.2, 0.25) is 12.1 Å². The van der Waals surface area contributed by atoms with Crippen molar-refractivity contribution in [2.75, 3.05) is 7.05 Å². The molecule has 2 aromatic rings. The Morgan fingerprint density at radius 2 is 1.86 bits per heavy atom. The van der Waals surface area contributed by atoms with Gasteiger partial charge in [0, 0.05) is 7.05 Å². The van der Waals surface area contributed by atoms with Gasteiger partial charge < -0.3 is 15.2 Å². The highest BCUT2D eigenvalue weighted by Gasteiger charge is 2.41. The predicted molar refractivity (Wildman–Crippen MR) is 110 cm³/mol. The standard InChI is InChI=1S/C22H25N3O4/c1-13-6-5-7-18(12-13)29-21-19(15(3)24-25(21)4)20(26)23-14(2)16-8-10-17(11-9-16)22(27)28/h5-12,14,19,21H,1-4H3,(H,23,26)(H,27,28)/t14-,19?,21?/m0/s1. The Kier molecular flexibility index (Phi) is 5.87. The SMILES string of the molecule is CC1=NN(C)C(Oc2cccc(C)c2)C1C(=O)N[C@@H](C)c1ccc(C(=O)O)cc1. The minimum absolute atomic E-state index is 0.192.